The van der Waals surface area contributed by atoms with E-state index in [4.69, 9.17) is 0 Å². The lowest BCUT2D eigenvalue weighted by atomic mass is 10.1. The molecule has 26 heavy (non-hydrogen) atoms. The van der Waals surface area contributed by atoms with Crippen molar-refractivity contribution in [2.24, 2.45) is 0 Å². The van der Waals surface area contributed by atoms with E-state index < -0.39 is 11.7 Å². The zero-order valence-electron chi connectivity index (χ0n) is 13.9. The maximum Gasteiger partial charge on any atom is 0.274 e. The number of para-hydroxylation sites is 1. The van der Waals surface area contributed by atoms with Crippen LogP contribution in [0.2, 0.25) is 0 Å². The second-order valence-corrected chi connectivity index (χ2v) is 5.48. The first-order valence-corrected chi connectivity index (χ1v) is 7.79. The van der Waals surface area contributed by atoms with Crippen molar-refractivity contribution in [2.75, 3.05) is 10.6 Å². The number of rotatable bonds is 5. The van der Waals surface area contributed by atoms with E-state index in [-0.39, 0.29) is 23.0 Å². The fourth-order valence-corrected chi connectivity index (χ4v) is 2.26. The van der Waals surface area contributed by atoms with Crippen LogP contribution in [-0.4, -0.2) is 21.7 Å². The van der Waals surface area contributed by atoms with Gasteiger partial charge < -0.3 is 10.6 Å². The van der Waals surface area contributed by atoms with Gasteiger partial charge in [0.05, 0.1) is 5.69 Å². The molecule has 0 aliphatic rings. The number of ketones is 1. The maximum atomic E-state index is 13.7. The number of halogens is 1. The minimum atomic E-state index is -0.468. The van der Waals surface area contributed by atoms with E-state index in [1.807, 2.05) is 0 Å². The second-order valence-electron chi connectivity index (χ2n) is 5.48. The lowest BCUT2D eigenvalue weighted by Crippen LogP contribution is -2.14. The van der Waals surface area contributed by atoms with Gasteiger partial charge in [-0.05, 0) is 31.2 Å². The highest BCUT2D eigenvalue weighted by Gasteiger charge is 2.11. The maximum absolute atomic E-state index is 13.7. The first kappa shape index (κ1) is 17.2. The molecule has 2 aromatic carbocycles. The molecule has 0 saturated heterocycles. The van der Waals surface area contributed by atoms with Gasteiger partial charge in [0, 0.05) is 17.3 Å². The fourth-order valence-electron chi connectivity index (χ4n) is 2.26. The number of nitrogens with one attached hydrogen (secondary N) is 2. The topological polar surface area (TPSA) is 84.0 Å². The van der Waals surface area contributed by atoms with Crippen LogP contribution in [0.1, 0.15) is 27.8 Å². The molecule has 0 bridgehead atoms. The molecule has 1 amide bonds. The van der Waals surface area contributed by atoms with Crippen molar-refractivity contribution in [1.29, 1.82) is 0 Å². The van der Waals surface area contributed by atoms with E-state index in [1.54, 1.807) is 42.5 Å². The summed E-state index contributed by atoms with van der Waals surface area (Å²) in [4.78, 5) is 31.7. The summed E-state index contributed by atoms with van der Waals surface area (Å²) in [5.41, 5.74) is 1.32. The summed E-state index contributed by atoms with van der Waals surface area (Å²) in [6, 6.07) is 14.2. The van der Waals surface area contributed by atoms with Crippen molar-refractivity contribution in [3.8, 4) is 0 Å². The van der Waals surface area contributed by atoms with Gasteiger partial charge in [0.25, 0.3) is 5.91 Å². The minimum Gasteiger partial charge on any atom is -0.338 e. The second kappa shape index (κ2) is 7.52. The van der Waals surface area contributed by atoms with Crippen LogP contribution in [0, 0.1) is 5.82 Å². The van der Waals surface area contributed by atoms with Crippen LogP contribution in [0.3, 0.4) is 0 Å². The Kier molecular flexibility index (Phi) is 4.98. The number of Topliss-reactive ketones (excluding diaryl/α,β-unsaturated/α-hetero) is 1. The van der Waals surface area contributed by atoms with Crippen molar-refractivity contribution in [3.05, 3.63) is 78.0 Å². The number of hydrogen-bond donors (Lipinski definition) is 2. The van der Waals surface area contributed by atoms with Gasteiger partial charge in [-0.3, -0.25) is 9.59 Å². The van der Waals surface area contributed by atoms with Gasteiger partial charge in [-0.15, -0.1) is 0 Å². The number of benzene rings is 2. The molecule has 1 aromatic heterocycles. The predicted molar refractivity (Wildman–Crippen MR) is 96.1 cm³/mol. The van der Waals surface area contributed by atoms with Gasteiger partial charge in [-0.2, -0.15) is 0 Å². The van der Waals surface area contributed by atoms with Gasteiger partial charge >= 0.3 is 0 Å². The van der Waals surface area contributed by atoms with Crippen LogP contribution in [0.15, 0.2) is 60.9 Å². The summed E-state index contributed by atoms with van der Waals surface area (Å²) in [6.07, 6.45) is 1.21. The highest BCUT2D eigenvalue weighted by atomic mass is 19.1. The normalized spacial score (nSPS) is 10.2. The molecule has 3 rings (SSSR count). The molecular formula is C19H15FN4O2. The number of carbonyl (C=O) groups excluding carboxylic acids is 2. The Bertz CT molecular complexity index is 975. The Balaban J connectivity index is 1.77. The van der Waals surface area contributed by atoms with E-state index in [9.17, 15) is 14.0 Å². The van der Waals surface area contributed by atoms with Crippen LogP contribution in [0.25, 0.3) is 0 Å². The average molecular weight is 350 g/mol. The van der Waals surface area contributed by atoms with E-state index in [1.165, 1.54) is 25.4 Å². The summed E-state index contributed by atoms with van der Waals surface area (Å²) in [5.74, 6) is -0.713. The molecule has 6 nitrogen and oxygen atoms in total. The first-order valence-electron chi connectivity index (χ1n) is 7.79. The molecule has 1 heterocycles. The Morgan fingerprint density at radius 3 is 2.58 bits per heavy atom. The first-order chi connectivity index (χ1) is 12.5. The largest absolute Gasteiger partial charge is 0.338 e. The Morgan fingerprint density at radius 1 is 1.00 bits per heavy atom. The number of hydrogen-bond acceptors (Lipinski definition) is 5. The SMILES string of the molecule is CC(=O)c1cccc(NC(=O)c2cc(Nc3ccccc3F)ncn2)c1. The van der Waals surface area contributed by atoms with Crippen molar-refractivity contribution < 1.29 is 14.0 Å². The predicted octanol–water partition coefficient (Wildman–Crippen LogP) is 3.81. The van der Waals surface area contributed by atoms with Crippen LogP contribution in [-0.2, 0) is 0 Å². The molecule has 0 spiro atoms. The van der Waals surface area contributed by atoms with Gasteiger partial charge in [-0.1, -0.05) is 24.3 Å². The quantitative estimate of drug-likeness (QED) is 0.684. The highest BCUT2D eigenvalue weighted by molar-refractivity contribution is 6.04. The van der Waals surface area contributed by atoms with Crippen LogP contribution >= 0.6 is 0 Å². The molecule has 0 unspecified atom stereocenters. The van der Waals surface area contributed by atoms with Crippen LogP contribution in [0.5, 0.6) is 0 Å². The molecule has 7 heteroatoms. The van der Waals surface area contributed by atoms with E-state index in [2.05, 4.69) is 20.6 Å². The molecule has 2 N–H and O–H groups in total. The minimum absolute atomic E-state index is 0.0977. The number of amides is 1. The van der Waals surface area contributed by atoms with Crippen LogP contribution in [0.4, 0.5) is 21.6 Å². The van der Waals surface area contributed by atoms with E-state index in [0.717, 1.165) is 0 Å². The van der Waals surface area contributed by atoms with Gasteiger partial charge in [-0.25, -0.2) is 14.4 Å². The van der Waals surface area contributed by atoms with Crippen molar-refractivity contribution in [1.82, 2.24) is 9.97 Å². The summed E-state index contributed by atoms with van der Waals surface area (Å²) in [6.45, 7) is 1.45. The summed E-state index contributed by atoms with van der Waals surface area (Å²) >= 11 is 0. The zero-order chi connectivity index (χ0) is 18.5. The third-order valence-electron chi connectivity index (χ3n) is 3.56. The van der Waals surface area contributed by atoms with Crippen molar-refractivity contribution in [3.63, 3.8) is 0 Å². The monoisotopic (exact) mass is 350 g/mol. The Morgan fingerprint density at radius 2 is 1.81 bits per heavy atom. The number of anilines is 3. The molecule has 0 fully saturated rings. The molecule has 0 aliphatic carbocycles. The summed E-state index contributed by atoms with van der Waals surface area (Å²) in [5, 5.41) is 5.48. The Labute approximate surface area is 149 Å². The lowest BCUT2D eigenvalue weighted by Gasteiger charge is -2.09. The molecule has 0 radical (unpaired) electrons. The van der Waals surface area contributed by atoms with Gasteiger partial charge in [0.15, 0.2) is 5.78 Å². The van der Waals surface area contributed by atoms with Crippen molar-refractivity contribution in [2.45, 2.75) is 6.92 Å². The zero-order valence-corrected chi connectivity index (χ0v) is 13.9. The third kappa shape index (κ3) is 4.07. The Hall–Kier alpha value is -3.61. The standard InChI is InChI=1S/C19H15FN4O2/c1-12(25)13-5-4-6-14(9-13)23-19(26)17-10-18(22-11-21-17)24-16-8-3-2-7-15(16)20/h2-11H,1H3,(H,23,26)(H,21,22,24). The molecule has 0 atom stereocenters. The number of carbonyl (C=O) groups is 2. The summed E-state index contributed by atoms with van der Waals surface area (Å²) in [7, 11) is 0. The van der Waals surface area contributed by atoms with Gasteiger partial charge in [0.1, 0.15) is 23.7 Å². The molecule has 0 saturated carbocycles. The van der Waals surface area contributed by atoms with Gasteiger partial charge in [0.2, 0.25) is 0 Å². The summed E-state index contributed by atoms with van der Waals surface area (Å²) < 4.78 is 13.7. The third-order valence-corrected chi connectivity index (χ3v) is 3.56. The molecule has 3 aromatic rings. The average Bonchev–Trinajstić information content (AvgIpc) is 2.64. The fraction of sp³-hybridized carbons (Fsp3) is 0.0526. The molecule has 130 valence electrons. The lowest BCUT2D eigenvalue weighted by molar-refractivity contribution is 0.100. The molecular weight excluding hydrogens is 335 g/mol. The highest BCUT2D eigenvalue weighted by Crippen LogP contribution is 2.18. The van der Waals surface area contributed by atoms with Crippen LogP contribution < -0.4 is 10.6 Å². The van der Waals surface area contributed by atoms with Crippen molar-refractivity contribution >= 4 is 28.9 Å². The van der Waals surface area contributed by atoms with E-state index in [0.29, 0.717) is 11.3 Å². The molecule has 0 aliphatic heterocycles. The number of nitrogens with zero attached hydrogens (tertiary/aromatic N) is 2. The van der Waals surface area contributed by atoms with E-state index >= 15 is 0 Å². The number of aromatic nitrogens is 2. The smallest absolute Gasteiger partial charge is 0.274 e.